The first-order chi connectivity index (χ1) is 18.1. The molecular formula is C27H28ClN3O5S2. The molecule has 2 amide bonds. The van der Waals surface area contributed by atoms with E-state index in [1.165, 1.54) is 37.1 Å². The van der Waals surface area contributed by atoms with E-state index in [2.05, 4.69) is 10.0 Å². The van der Waals surface area contributed by atoms with Gasteiger partial charge in [-0.05, 0) is 67.4 Å². The van der Waals surface area contributed by atoms with E-state index in [0.717, 1.165) is 11.1 Å². The van der Waals surface area contributed by atoms with Gasteiger partial charge in [-0.25, -0.2) is 13.1 Å². The topological polar surface area (TPSA) is 105 Å². The maximum atomic E-state index is 13.0. The van der Waals surface area contributed by atoms with Gasteiger partial charge in [0, 0.05) is 23.2 Å². The number of methoxy groups -OCH3 is 1. The molecule has 11 heteroatoms. The number of nitrogens with zero attached hydrogens (tertiary/aromatic N) is 1. The Morgan fingerprint density at radius 2 is 1.79 bits per heavy atom. The van der Waals surface area contributed by atoms with Crippen molar-refractivity contribution in [3.8, 4) is 5.75 Å². The lowest BCUT2D eigenvalue weighted by molar-refractivity contribution is -0.128. The highest BCUT2D eigenvalue weighted by Crippen LogP contribution is 2.39. The zero-order chi connectivity index (χ0) is 27.4. The van der Waals surface area contributed by atoms with Crippen molar-refractivity contribution in [1.29, 1.82) is 0 Å². The molecule has 0 unspecified atom stereocenters. The van der Waals surface area contributed by atoms with Crippen LogP contribution in [0.25, 0.3) is 0 Å². The average molecular weight is 574 g/mol. The minimum absolute atomic E-state index is 0.0151. The Balaban J connectivity index is 1.50. The second-order valence-electron chi connectivity index (χ2n) is 9.03. The summed E-state index contributed by atoms with van der Waals surface area (Å²) in [7, 11) is -2.31. The van der Waals surface area contributed by atoms with Gasteiger partial charge in [0.25, 0.3) is 5.91 Å². The fraction of sp³-hybridized carbons (Fsp3) is 0.259. The van der Waals surface area contributed by atoms with Crippen LogP contribution in [0.3, 0.4) is 0 Å². The molecule has 1 saturated heterocycles. The highest BCUT2D eigenvalue weighted by molar-refractivity contribution is 8.00. The first-order valence-corrected chi connectivity index (χ1v) is 14.8. The third-order valence-electron chi connectivity index (χ3n) is 5.81. The lowest BCUT2D eigenvalue weighted by atomic mass is 10.1. The standard InChI is InChI=1S/C27H28ClN3O5S2/c1-17(2)30-38(34,35)22-12-13-24(36-3)23(14-22)29-26(33)19-6-8-20(9-7-19)27-31(25(32)16-37-27)15-18-4-10-21(28)11-5-18/h4-14,17,27,30H,15-16H2,1-3H3,(H,29,33)/t27-/m0/s1. The van der Waals surface area contributed by atoms with Crippen molar-refractivity contribution in [3.05, 3.63) is 88.4 Å². The Morgan fingerprint density at radius 3 is 2.42 bits per heavy atom. The maximum absolute atomic E-state index is 13.0. The molecule has 0 aliphatic carbocycles. The van der Waals surface area contributed by atoms with Crippen LogP contribution >= 0.6 is 23.4 Å². The van der Waals surface area contributed by atoms with E-state index < -0.39 is 15.9 Å². The van der Waals surface area contributed by atoms with Crippen LogP contribution in [-0.4, -0.2) is 44.0 Å². The minimum atomic E-state index is -3.76. The van der Waals surface area contributed by atoms with Crippen molar-refractivity contribution in [2.75, 3.05) is 18.2 Å². The van der Waals surface area contributed by atoms with Gasteiger partial charge >= 0.3 is 0 Å². The number of rotatable bonds is 9. The predicted octanol–water partition coefficient (Wildman–Crippen LogP) is 5.06. The summed E-state index contributed by atoms with van der Waals surface area (Å²) in [6, 6.07) is 18.4. The van der Waals surface area contributed by atoms with Crippen LogP contribution in [0.4, 0.5) is 5.69 Å². The molecule has 0 spiro atoms. The molecule has 38 heavy (non-hydrogen) atoms. The summed E-state index contributed by atoms with van der Waals surface area (Å²) in [5, 5.41) is 3.21. The summed E-state index contributed by atoms with van der Waals surface area (Å²) in [4.78, 5) is 27.4. The van der Waals surface area contributed by atoms with Crippen LogP contribution in [0.5, 0.6) is 5.75 Å². The monoisotopic (exact) mass is 573 g/mol. The molecule has 4 rings (SSSR count). The van der Waals surface area contributed by atoms with Gasteiger partial charge in [-0.15, -0.1) is 11.8 Å². The van der Waals surface area contributed by atoms with Gasteiger partial charge in [0.15, 0.2) is 0 Å². The number of nitrogens with one attached hydrogen (secondary N) is 2. The lowest BCUT2D eigenvalue weighted by Gasteiger charge is -2.24. The summed E-state index contributed by atoms with van der Waals surface area (Å²) in [6.07, 6.45) is 0. The summed E-state index contributed by atoms with van der Waals surface area (Å²) in [5.41, 5.74) is 2.49. The SMILES string of the molecule is COc1ccc(S(=O)(=O)NC(C)C)cc1NC(=O)c1ccc([C@@H]2SCC(=O)N2Cc2ccc(Cl)cc2)cc1. The number of halogens is 1. The Morgan fingerprint density at radius 1 is 1.11 bits per heavy atom. The van der Waals surface area contributed by atoms with E-state index in [1.54, 1.807) is 38.1 Å². The highest BCUT2D eigenvalue weighted by atomic mass is 35.5. The van der Waals surface area contributed by atoms with E-state index >= 15 is 0 Å². The Labute approximate surface area is 231 Å². The quantitative estimate of drug-likeness (QED) is 0.371. The average Bonchev–Trinajstić information content (AvgIpc) is 3.24. The van der Waals surface area contributed by atoms with Crippen molar-refractivity contribution in [2.45, 2.75) is 36.7 Å². The molecule has 1 atom stereocenters. The molecule has 1 heterocycles. The van der Waals surface area contributed by atoms with Gasteiger partial charge in [-0.1, -0.05) is 35.9 Å². The van der Waals surface area contributed by atoms with Crippen LogP contribution in [-0.2, 0) is 21.4 Å². The second-order valence-corrected chi connectivity index (χ2v) is 12.2. The summed E-state index contributed by atoms with van der Waals surface area (Å²) >= 11 is 7.52. The van der Waals surface area contributed by atoms with Crippen LogP contribution in [0.2, 0.25) is 5.02 Å². The summed E-state index contributed by atoms with van der Waals surface area (Å²) in [6.45, 7) is 3.91. The zero-order valence-electron chi connectivity index (χ0n) is 21.1. The number of hydrogen-bond donors (Lipinski definition) is 2. The smallest absolute Gasteiger partial charge is 0.255 e. The van der Waals surface area contributed by atoms with Crippen LogP contribution in [0.1, 0.15) is 40.7 Å². The van der Waals surface area contributed by atoms with Gasteiger partial charge in [-0.3, -0.25) is 9.59 Å². The molecule has 0 radical (unpaired) electrons. The number of hydrogen-bond acceptors (Lipinski definition) is 6. The number of benzene rings is 3. The molecule has 2 N–H and O–H groups in total. The first-order valence-electron chi connectivity index (χ1n) is 11.8. The summed E-state index contributed by atoms with van der Waals surface area (Å²) < 4.78 is 33.0. The van der Waals surface area contributed by atoms with Gasteiger partial charge in [0.05, 0.1) is 23.4 Å². The molecule has 1 aliphatic rings. The molecule has 0 saturated carbocycles. The molecule has 3 aromatic rings. The number of thioether (sulfide) groups is 1. The van der Waals surface area contributed by atoms with Crippen LogP contribution < -0.4 is 14.8 Å². The van der Waals surface area contributed by atoms with Crippen molar-refractivity contribution in [1.82, 2.24) is 9.62 Å². The van der Waals surface area contributed by atoms with Crippen molar-refractivity contribution < 1.29 is 22.7 Å². The van der Waals surface area contributed by atoms with Crippen molar-refractivity contribution >= 4 is 50.9 Å². The molecular weight excluding hydrogens is 546 g/mol. The molecule has 8 nitrogen and oxygen atoms in total. The Kier molecular flexibility index (Phi) is 8.67. The zero-order valence-corrected chi connectivity index (χ0v) is 23.5. The van der Waals surface area contributed by atoms with Gasteiger partial charge in [0.2, 0.25) is 15.9 Å². The second kappa shape index (κ2) is 11.8. The van der Waals surface area contributed by atoms with Gasteiger partial charge < -0.3 is 15.0 Å². The molecule has 1 aliphatic heterocycles. The largest absolute Gasteiger partial charge is 0.495 e. The molecule has 1 fully saturated rings. The fourth-order valence-electron chi connectivity index (χ4n) is 4.01. The molecule has 3 aromatic carbocycles. The number of carbonyl (C=O) groups is 2. The number of sulfonamides is 1. The third kappa shape index (κ3) is 6.50. The van der Waals surface area contributed by atoms with E-state index in [1.807, 2.05) is 29.2 Å². The van der Waals surface area contributed by atoms with Crippen molar-refractivity contribution in [3.63, 3.8) is 0 Å². The number of carbonyl (C=O) groups excluding carboxylic acids is 2. The first kappa shape index (κ1) is 28.0. The third-order valence-corrected chi connectivity index (χ3v) is 8.98. The maximum Gasteiger partial charge on any atom is 0.255 e. The number of ether oxygens (including phenoxy) is 1. The highest BCUT2D eigenvalue weighted by Gasteiger charge is 2.32. The molecule has 0 bridgehead atoms. The number of amides is 2. The van der Waals surface area contributed by atoms with Gasteiger partial charge in [-0.2, -0.15) is 0 Å². The van der Waals surface area contributed by atoms with Crippen LogP contribution in [0.15, 0.2) is 71.6 Å². The Hall–Kier alpha value is -3.05. The van der Waals surface area contributed by atoms with E-state index in [4.69, 9.17) is 16.3 Å². The number of anilines is 1. The summed E-state index contributed by atoms with van der Waals surface area (Å²) in [5.74, 6) is 0.336. The normalized spacial score (nSPS) is 15.7. The van der Waals surface area contributed by atoms with Crippen molar-refractivity contribution in [2.24, 2.45) is 0 Å². The van der Waals surface area contributed by atoms with Gasteiger partial charge in [0.1, 0.15) is 11.1 Å². The van der Waals surface area contributed by atoms with E-state index in [0.29, 0.717) is 28.6 Å². The Bertz CT molecular complexity index is 1430. The van der Waals surface area contributed by atoms with E-state index in [9.17, 15) is 18.0 Å². The fourth-order valence-corrected chi connectivity index (χ4v) is 6.60. The van der Waals surface area contributed by atoms with E-state index in [-0.39, 0.29) is 27.9 Å². The van der Waals surface area contributed by atoms with Crippen LogP contribution in [0, 0.1) is 0 Å². The molecule has 0 aromatic heterocycles. The lowest BCUT2D eigenvalue weighted by Crippen LogP contribution is -2.30. The molecule has 200 valence electrons. The predicted molar refractivity (Wildman–Crippen MR) is 150 cm³/mol. The minimum Gasteiger partial charge on any atom is -0.495 e.